The van der Waals surface area contributed by atoms with Gasteiger partial charge in [-0.2, -0.15) is 0 Å². The predicted octanol–water partition coefficient (Wildman–Crippen LogP) is 1.14. The van der Waals surface area contributed by atoms with E-state index in [2.05, 4.69) is 16.0 Å². The normalized spacial score (nSPS) is 17.5. The minimum Gasteiger partial charge on any atom is -0.325 e. The quantitative estimate of drug-likeness (QED) is 0.779. The van der Waals surface area contributed by atoms with E-state index in [-0.39, 0.29) is 0 Å². The number of likely N-dealkylation sites (tertiary alicyclic amines) is 1. The highest BCUT2D eigenvalue weighted by atomic mass is 15.1. The van der Waals surface area contributed by atoms with Crippen LogP contribution in [0.15, 0.2) is 18.3 Å². The lowest BCUT2D eigenvalue weighted by Gasteiger charge is -2.14. The second kappa shape index (κ2) is 4.53. The van der Waals surface area contributed by atoms with Crippen LogP contribution in [-0.4, -0.2) is 23.0 Å². The Morgan fingerprint density at radius 1 is 1.29 bits per heavy atom. The molecule has 14 heavy (non-hydrogen) atoms. The number of hydrogen-bond donors (Lipinski definition) is 1. The van der Waals surface area contributed by atoms with Crippen molar-refractivity contribution >= 4 is 0 Å². The molecule has 0 radical (unpaired) electrons. The first kappa shape index (κ1) is 9.62. The number of aromatic nitrogens is 1. The van der Waals surface area contributed by atoms with Crippen LogP contribution in [0.3, 0.4) is 0 Å². The third kappa shape index (κ3) is 2.30. The number of nitrogens with two attached hydrogens (primary N) is 1. The Bertz CT molecular complexity index is 275. The van der Waals surface area contributed by atoms with Crippen LogP contribution < -0.4 is 5.73 Å². The number of pyridine rings is 1. The zero-order valence-electron chi connectivity index (χ0n) is 8.45. The molecule has 0 aromatic carbocycles. The Morgan fingerprint density at radius 2 is 2.07 bits per heavy atom. The summed E-state index contributed by atoms with van der Waals surface area (Å²) in [5.74, 6) is 0. The van der Waals surface area contributed by atoms with Gasteiger partial charge in [-0.3, -0.25) is 9.88 Å². The summed E-state index contributed by atoms with van der Waals surface area (Å²) in [5.41, 5.74) is 7.75. The lowest BCUT2D eigenvalue weighted by atomic mass is 10.2. The van der Waals surface area contributed by atoms with Gasteiger partial charge in [0.15, 0.2) is 0 Å². The topological polar surface area (TPSA) is 42.1 Å². The average molecular weight is 191 g/mol. The van der Waals surface area contributed by atoms with Crippen LogP contribution in [0, 0.1) is 0 Å². The lowest BCUT2D eigenvalue weighted by molar-refractivity contribution is 0.331. The van der Waals surface area contributed by atoms with Crippen molar-refractivity contribution in [3.05, 3.63) is 29.6 Å². The smallest absolute Gasteiger partial charge is 0.0539 e. The van der Waals surface area contributed by atoms with E-state index >= 15 is 0 Å². The Hall–Kier alpha value is -0.930. The maximum atomic E-state index is 5.49. The molecule has 1 fully saturated rings. The van der Waals surface area contributed by atoms with Gasteiger partial charge in [-0.1, -0.05) is 6.07 Å². The fourth-order valence-corrected chi connectivity index (χ4v) is 1.87. The average Bonchev–Trinajstić information content (AvgIpc) is 2.72. The molecule has 1 aliphatic heterocycles. The van der Waals surface area contributed by atoms with Crippen LogP contribution in [0.4, 0.5) is 0 Å². The Labute approximate surface area is 84.9 Å². The molecule has 0 bridgehead atoms. The number of rotatable bonds is 3. The van der Waals surface area contributed by atoms with Gasteiger partial charge in [0.1, 0.15) is 0 Å². The maximum Gasteiger partial charge on any atom is 0.0539 e. The summed E-state index contributed by atoms with van der Waals surface area (Å²) in [6.07, 6.45) is 4.63. The van der Waals surface area contributed by atoms with Gasteiger partial charge in [0.25, 0.3) is 0 Å². The number of nitrogens with zero attached hydrogens (tertiary/aromatic N) is 2. The van der Waals surface area contributed by atoms with E-state index in [4.69, 9.17) is 5.73 Å². The molecule has 3 heteroatoms. The highest BCUT2D eigenvalue weighted by Gasteiger charge is 2.11. The van der Waals surface area contributed by atoms with Gasteiger partial charge < -0.3 is 5.73 Å². The summed E-state index contributed by atoms with van der Waals surface area (Å²) in [4.78, 5) is 6.76. The molecule has 0 spiro atoms. The Balaban J connectivity index is 1.95. The van der Waals surface area contributed by atoms with Crippen LogP contribution in [0.1, 0.15) is 24.1 Å². The third-order valence-electron chi connectivity index (χ3n) is 2.70. The monoisotopic (exact) mass is 191 g/mol. The van der Waals surface area contributed by atoms with Crippen LogP contribution in [0.5, 0.6) is 0 Å². The molecule has 2 N–H and O–H groups in total. The fraction of sp³-hybridized carbons (Fsp3) is 0.545. The first-order valence-electron chi connectivity index (χ1n) is 5.25. The highest BCUT2D eigenvalue weighted by Crippen LogP contribution is 2.11. The second-order valence-electron chi connectivity index (χ2n) is 3.85. The Morgan fingerprint density at radius 3 is 2.64 bits per heavy atom. The van der Waals surface area contributed by atoms with Crippen LogP contribution in [-0.2, 0) is 13.1 Å². The molecule has 1 saturated heterocycles. The number of hydrogen-bond acceptors (Lipinski definition) is 3. The molecule has 1 aromatic heterocycles. The molecule has 1 aromatic rings. The zero-order chi connectivity index (χ0) is 9.80. The van der Waals surface area contributed by atoms with Crippen molar-refractivity contribution in [2.45, 2.75) is 25.9 Å². The summed E-state index contributed by atoms with van der Waals surface area (Å²) < 4.78 is 0. The fourth-order valence-electron chi connectivity index (χ4n) is 1.87. The van der Waals surface area contributed by atoms with Crippen molar-refractivity contribution in [2.24, 2.45) is 5.73 Å². The van der Waals surface area contributed by atoms with E-state index in [1.165, 1.54) is 31.5 Å². The summed E-state index contributed by atoms with van der Waals surface area (Å²) in [6.45, 7) is 4.04. The van der Waals surface area contributed by atoms with E-state index in [0.717, 1.165) is 12.2 Å². The van der Waals surface area contributed by atoms with E-state index < -0.39 is 0 Å². The molecule has 3 nitrogen and oxygen atoms in total. The predicted molar refractivity (Wildman–Crippen MR) is 56.6 cm³/mol. The largest absolute Gasteiger partial charge is 0.325 e. The van der Waals surface area contributed by atoms with E-state index in [1.54, 1.807) is 0 Å². The van der Waals surface area contributed by atoms with Gasteiger partial charge in [-0.25, -0.2) is 0 Å². The van der Waals surface area contributed by atoms with Gasteiger partial charge >= 0.3 is 0 Å². The van der Waals surface area contributed by atoms with Gasteiger partial charge in [0, 0.05) is 19.3 Å². The SMILES string of the molecule is NCc1ccc(CN2CCCC2)cn1. The lowest BCUT2D eigenvalue weighted by Crippen LogP contribution is -2.18. The molecule has 0 unspecified atom stereocenters. The molecule has 1 aliphatic rings. The first-order valence-corrected chi connectivity index (χ1v) is 5.25. The Kier molecular flexibility index (Phi) is 3.11. The molecule has 76 valence electrons. The van der Waals surface area contributed by atoms with E-state index in [9.17, 15) is 0 Å². The van der Waals surface area contributed by atoms with Crippen LogP contribution >= 0.6 is 0 Å². The van der Waals surface area contributed by atoms with Crippen molar-refractivity contribution in [1.29, 1.82) is 0 Å². The zero-order valence-corrected chi connectivity index (χ0v) is 8.45. The van der Waals surface area contributed by atoms with E-state index in [1.807, 2.05) is 12.3 Å². The minimum absolute atomic E-state index is 0.532. The van der Waals surface area contributed by atoms with Gasteiger partial charge in [0.2, 0.25) is 0 Å². The molecule has 0 amide bonds. The van der Waals surface area contributed by atoms with Gasteiger partial charge in [0.05, 0.1) is 5.69 Å². The first-order chi connectivity index (χ1) is 6.88. The molecule has 2 rings (SSSR count). The highest BCUT2D eigenvalue weighted by molar-refractivity contribution is 5.13. The molecule has 0 aliphatic carbocycles. The maximum absolute atomic E-state index is 5.49. The van der Waals surface area contributed by atoms with Crippen molar-refractivity contribution in [2.75, 3.05) is 13.1 Å². The summed E-state index contributed by atoms with van der Waals surface area (Å²) >= 11 is 0. The van der Waals surface area contributed by atoms with Crippen LogP contribution in [0.25, 0.3) is 0 Å². The molecule has 0 atom stereocenters. The van der Waals surface area contributed by atoms with Crippen molar-refractivity contribution in [3.8, 4) is 0 Å². The molecule has 0 saturated carbocycles. The van der Waals surface area contributed by atoms with Crippen molar-refractivity contribution in [1.82, 2.24) is 9.88 Å². The summed E-state index contributed by atoms with van der Waals surface area (Å²) in [7, 11) is 0. The standard InChI is InChI=1S/C11H17N3/c12-7-11-4-3-10(8-13-11)9-14-5-1-2-6-14/h3-4,8H,1-2,5-7,9,12H2. The van der Waals surface area contributed by atoms with Gasteiger partial charge in [-0.15, -0.1) is 0 Å². The third-order valence-corrected chi connectivity index (χ3v) is 2.70. The summed E-state index contributed by atoms with van der Waals surface area (Å²) in [5, 5.41) is 0. The summed E-state index contributed by atoms with van der Waals surface area (Å²) in [6, 6.07) is 4.15. The van der Waals surface area contributed by atoms with Gasteiger partial charge in [-0.05, 0) is 37.6 Å². The van der Waals surface area contributed by atoms with Crippen molar-refractivity contribution < 1.29 is 0 Å². The van der Waals surface area contributed by atoms with Crippen molar-refractivity contribution in [3.63, 3.8) is 0 Å². The minimum atomic E-state index is 0.532. The molecule has 2 heterocycles. The second-order valence-corrected chi connectivity index (χ2v) is 3.85. The van der Waals surface area contributed by atoms with Crippen LogP contribution in [0.2, 0.25) is 0 Å². The molecular weight excluding hydrogens is 174 g/mol. The van der Waals surface area contributed by atoms with E-state index in [0.29, 0.717) is 6.54 Å². The molecular formula is C11H17N3.